The molecule has 2 heterocycles. The maximum absolute atomic E-state index is 13.3. The van der Waals surface area contributed by atoms with Crippen molar-refractivity contribution in [1.82, 2.24) is 18.7 Å². The Morgan fingerprint density at radius 1 is 0.939 bits per heavy atom. The van der Waals surface area contributed by atoms with Gasteiger partial charge in [0.05, 0.1) is 31.6 Å². The van der Waals surface area contributed by atoms with Gasteiger partial charge in [0.1, 0.15) is 0 Å². The van der Waals surface area contributed by atoms with Gasteiger partial charge in [-0.25, -0.2) is 9.78 Å². The predicted molar refractivity (Wildman–Crippen MR) is 116 cm³/mol. The minimum atomic E-state index is -4.53. The van der Waals surface area contributed by atoms with Gasteiger partial charge >= 0.3 is 11.9 Å². The molecule has 7 nitrogen and oxygen atoms in total. The minimum absolute atomic E-state index is 0.153. The largest absolute Gasteiger partial charge is 0.416 e. The van der Waals surface area contributed by atoms with E-state index in [9.17, 15) is 22.8 Å². The first-order valence-corrected chi connectivity index (χ1v) is 10.2. The Morgan fingerprint density at radius 2 is 1.64 bits per heavy atom. The fraction of sp³-hybridized carbons (Fsp3) is 0.261. The van der Waals surface area contributed by atoms with Crippen molar-refractivity contribution in [2.24, 2.45) is 0 Å². The average Bonchev–Trinajstić information content (AvgIpc) is 3.22. The van der Waals surface area contributed by atoms with Gasteiger partial charge in [-0.1, -0.05) is 42.5 Å². The zero-order chi connectivity index (χ0) is 23.6. The highest BCUT2D eigenvalue weighted by Gasteiger charge is 2.30. The van der Waals surface area contributed by atoms with Gasteiger partial charge in [-0.3, -0.25) is 13.9 Å². The average molecular weight is 458 g/mol. The van der Waals surface area contributed by atoms with Gasteiger partial charge in [0.15, 0.2) is 11.2 Å². The second kappa shape index (κ2) is 9.07. The summed E-state index contributed by atoms with van der Waals surface area (Å²) < 4.78 is 48.4. The summed E-state index contributed by atoms with van der Waals surface area (Å²) in [5.74, 6) is 0. The number of nitrogens with zero attached hydrogens (tertiary/aromatic N) is 4. The SMILES string of the molecule is COCCn1cnc2c1c(=O)n(Cc1cccc(C(F)(F)F)c1)c(=O)n2Cc1ccccc1. The Kier molecular flexibility index (Phi) is 6.19. The summed E-state index contributed by atoms with van der Waals surface area (Å²) in [5, 5.41) is 0. The van der Waals surface area contributed by atoms with E-state index in [0.717, 1.165) is 22.3 Å². The normalized spacial score (nSPS) is 11.9. The molecule has 0 aliphatic heterocycles. The van der Waals surface area contributed by atoms with Crippen LogP contribution in [0.15, 0.2) is 70.5 Å². The molecule has 172 valence electrons. The molecule has 0 aliphatic carbocycles. The number of alkyl halides is 3. The van der Waals surface area contributed by atoms with Crippen LogP contribution < -0.4 is 11.2 Å². The van der Waals surface area contributed by atoms with Crippen LogP contribution in [0.5, 0.6) is 0 Å². The van der Waals surface area contributed by atoms with Gasteiger partial charge in [-0.2, -0.15) is 13.2 Å². The topological polar surface area (TPSA) is 71.1 Å². The van der Waals surface area contributed by atoms with Crippen LogP contribution in [0.4, 0.5) is 13.2 Å². The highest BCUT2D eigenvalue weighted by molar-refractivity contribution is 5.70. The molecule has 0 saturated heterocycles. The molecule has 0 spiro atoms. The van der Waals surface area contributed by atoms with Crippen LogP contribution in [0.2, 0.25) is 0 Å². The lowest BCUT2D eigenvalue weighted by atomic mass is 10.1. The highest BCUT2D eigenvalue weighted by atomic mass is 19.4. The van der Waals surface area contributed by atoms with E-state index in [-0.39, 0.29) is 29.8 Å². The van der Waals surface area contributed by atoms with Crippen LogP contribution in [0.1, 0.15) is 16.7 Å². The molecule has 0 radical (unpaired) electrons. The first-order chi connectivity index (χ1) is 15.8. The van der Waals surface area contributed by atoms with Crippen LogP contribution >= 0.6 is 0 Å². The number of fused-ring (bicyclic) bond motifs is 1. The van der Waals surface area contributed by atoms with Crippen LogP contribution in [0, 0.1) is 0 Å². The third kappa shape index (κ3) is 4.61. The van der Waals surface area contributed by atoms with Crippen molar-refractivity contribution in [2.45, 2.75) is 25.8 Å². The van der Waals surface area contributed by atoms with E-state index in [2.05, 4.69) is 4.98 Å². The lowest BCUT2D eigenvalue weighted by Crippen LogP contribution is -2.41. The van der Waals surface area contributed by atoms with Crippen molar-refractivity contribution < 1.29 is 17.9 Å². The molecule has 0 aliphatic rings. The molecule has 2 aromatic heterocycles. The second-order valence-corrected chi connectivity index (χ2v) is 7.55. The monoisotopic (exact) mass is 458 g/mol. The number of benzene rings is 2. The lowest BCUT2D eigenvalue weighted by Gasteiger charge is -2.14. The van der Waals surface area contributed by atoms with Gasteiger partial charge in [-0.05, 0) is 23.3 Å². The van der Waals surface area contributed by atoms with Gasteiger partial charge in [0.2, 0.25) is 0 Å². The van der Waals surface area contributed by atoms with E-state index >= 15 is 0 Å². The zero-order valence-corrected chi connectivity index (χ0v) is 17.7. The molecule has 0 fully saturated rings. The van der Waals surface area contributed by atoms with E-state index in [1.807, 2.05) is 30.3 Å². The van der Waals surface area contributed by atoms with Crippen LogP contribution in [0.3, 0.4) is 0 Å². The standard InChI is InChI=1S/C23H21F3N4O3/c1-33-11-10-28-15-27-20-19(28)21(31)30(14-17-8-5-9-18(12-17)23(24,25)26)22(32)29(20)13-16-6-3-2-4-7-16/h2-9,12,15H,10-11,13-14H2,1H3. The third-order valence-electron chi connectivity index (χ3n) is 5.30. The molecule has 4 aromatic rings. The first-order valence-electron chi connectivity index (χ1n) is 10.2. The quantitative estimate of drug-likeness (QED) is 0.427. The van der Waals surface area contributed by atoms with Crippen LogP contribution in [-0.4, -0.2) is 32.4 Å². The summed E-state index contributed by atoms with van der Waals surface area (Å²) in [4.78, 5) is 31.0. The van der Waals surface area contributed by atoms with E-state index in [1.165, 1.54) is 30.1 Å². The molecular weight excluding hydrogens is 437 g/mol. The molecule has 0 saturated carbocycles. The number of imidazole rings is 1. The summed E-state index contributed by atoms with van der Waals surface area (Å²) in [5.41, 5.74) is -0.700. The number of aromatic nitrogens is 4. The van der Waals surface area contributed by atoms with Gasteiger partial charge < -0.3 is 9.30 Å². The summed E-state index contributed by atoms with van der Waals surface area (Å²) in [7, 11) is 1.52. The number of hydrogen-bond donors (Lipinski definition) is 0. The molecule has 0 unspecified atom stereocenters. The molecular formula is C23H21F3N4O3. The molecule has 4 rings (SSSR count). The van der Waals surface area contributed by atoms with Crippen molar-refractivity contribution in [3.63, 3.8) is 0 Å². The number of rotatable bonds is 7. The maximum Gasteiger partial charge on any atom is 0.416 e. The molecule has 2 aromatic carbocycles. The Morgan fingerprint density at radius 3 is 2.33 bits per heavy atom. The van der Waals surface area contributed by atoms with Crippen LogP contribution in [0.25, 0.3) is 11.2 Å². The van der Waals surface area contributed by atoms with E-state index in [0.29, 0.717) is 13.2 Å². The van der Waals surface area contributed by atoms with Crippen molar-refractivity contribution in [3.05, 3.63) is 98.5 Å². The maximum atomic E-state index is 13.3. The molecule has 0 bridgehead atoms. The third-order valence-corrected chi connectivity index (χ3v) is 5.30. The van der Waals surface area contributed by atoms with Crippen LogP contribution in [-0.2, 0) is 30.5 Å². The number of halogens is 3. The van der Waals surface area contributed by atoms with Crippen molar-refractivity contribution in [2.75, 3.05) is 13.7 Å². The van der Waals surface area contributed by atoms with Gasteiger partial charge in [0.25, 0.3) is 5.56 Å². The Bertz CT molecular complexity index is 1390. The van der Waals surface area contributed by atoms with E-state index in [1.54, 1.807) is 4.57 Å². The highest BCUT2D eigenvalue weighted by Crippen LogP contribution is 2.29. The predicted octanol–water partition coefficient (Wildman–Crippen LogP) is 3.12. The molecule has 10 heteroatoms. The van der Waals surface area contributed by atoms with Gasteiger partial charge in [0, 0.05) is 13.7 Å². The summed E-state index contributed by atoms with van der Waals surface area (Å²) in [6.07, 6.45) is -3.07. The number of ether oxygens (including phenoxy) is 1. The lowest BCUT2D eigenvalue weighted by molar-refractivity contribution is -0.137. The second-order valence-electron chi connectivity index (χ2n) is 7.55. The Labute approximate surface area is 186 Å². The zero-order valence-electron chi connectivity index (χ0n) is 17.7. The summed E-state index contributed by atoms with van der Waals surface area (Å²) in [6, 6.07) is 13.8. The fourth-order valence-electron chi connectivity index (χ4n) is 3.67. The Balaban J connectivity index is 1.88. The van der Waals surface area contributed by atoms with Gasteiger partial charge in [-0.15, -0.1) is 0 Å². The van der Waals surface area contributed by atoms with Crippen molar-refractivity contribution >= 4 is 11.2 Å². The number of methoxy groups -OCH3 is 1. The fourth-order valence-corrected chi connectivity index (χ4v) is 3.67. The molecule has 0 N–H and O–H groups in total. The van der Waals surface area contributed by atoms with E-state index in [4.69, 9.17) is 4.74 Å². The summed E-state index contributed by atoms with van der Waals surface area (Å²) >= 11 is 0. The first kappa shape index (κ1) is 22.5. The number of hydrogen-bond acceptors (Lipinski definition) is 4. The van der Waals surface area contributed by atoms with Crippen molar-refractivity contribution in [3.8, 4) is 0 Å². The van der Waals surface area contributed by atoms with E-state index < -0.39 is 23.0 Å². The minimum Gasteiger partial charge on any atom is -0.383 e. The Hall–Kier alpha value is -3.66. The molecule has 0 atom stereocenters. The molecule has 33 heavy (non-hydrogen) atoms. The smallest absolute Gasteiger partial charge is 0.383 e. The summed E-state index contributed by atoms with van der Waals surface area (Å²) in [6.45, 7) is 0.494. The molecule has 0 amide bonds. The van der Waals surface area contributed by atoms with Crippen molar-refractivity contribution in [1.29, 1.82) is 0 Å².